The highest BCUT2D eigenvalue weighted by atomic mass is 16.5. The van der Waals surface area contributed by atoms with Gasteiger partial charge in [-0.2, -0.15) is 0 Å². The van der Waals surface area contributed by atoms with Gasteiger partial charge in [-0.15, -0.1) is 0 Å². The minimum Gasteiger partial charge on any atom is -0.494 e. The van der Waals surface area contributed by atoms with Gasteiger partial charge >= 0.3 is 5.97 Å². The molecule has 0 radical (unpaired) electrons. The van der Waals surface area contributed by atoms with Gasteiger partial charge in [0.1, 0.15) is 17.2 Å². The van der Waals surface area contributed by atoms with Crippen LogP contribution < -0.4 is 14.2 Å². The topological polar surface area (TPSA) is 44.8 Å². The standard InChI is InChI=1S/C36H56O4/c1-5-7-9-10-11-12-14-17-29-38-32-21-19-31(20-22-32)35(37)40-34-25-23-33(24-26-34)39-30-18-15-13-16-28-36(3,4)27-8-6-2/h19-26H,5-18,27-30H2,1-4H3. The third-order valence-corrected chi connectivity index (χ3v) is 7.61. The molecule has 0 aliphatic rings. The van der Waals surface area contributed by atoms with Crippen molar-refractivity contribution in [2.75, 3.05) is 13.2 Å². The predicted molar refractivity (Wildman–Crippen MR) is 168 cm³/mol. The highest BCUT2D eigenvalue weighted by Crippen LogP contribution is 2.30. The number of carbonyl (C=O) groups is 1. The van der Waals surface area contributed by atoms with E-state index in [0.29, 0.717) is 29.9 Å². The van der Waals surface area contributed by atoms with Crippen LogP contribution in [0, 0.1) is 5.41 Å². The Balaban J connectivity index is 1.58. The van der Waals surface area contributed by atoms with Crippen molar-refractivity contribution in [2.45, 2.75) is 130 Å². The number of benzene rings is 2. The maximum atomic E-state index is 12.6. The van der Waals surface area contributed by atoms with E-state index in [1.54, 1.807) is 24.3 Å². The quantitative estimate of drug-likeness (QED) is 0.0781. The fourth-order valence-corrected chi connectivity index (χ4v) is 4.91. The summed E-state index contributed by atoms with van der Waals surface area (Å²) in [5.74, 6) is 1.73. The minimum atomic E-state index is -0.374. The molecule has 0 atom stereocenters. The molecule has 0 saturated carbocycles. The molecule has 0 saturated heterocycles. The molecular weight excluding hydrogens is 496 g/mol. The van der Waals surface area contributed by atoms with E-state index in [0.717, 1.165) is 24.3 Å². The van der Waals surface area contributed by atoms with Crippen molar-refractivity contribution in [3.8, 4) is 17.2 Å². The molecule has 0 fully saturated rings. The fraction of sp³-hybridized carbons (Fsp3) is 0.639. The average molecular weight is 553 g/mol. The van der Waals surface area contributed by atoms with Crippen molar-refractivity contribution in [2.24, 2.45) is 5.41 Å². The Labute approximate surface area is 245 Å². The molecule has 0 aliphatic heterocycles. The first-order valence-electron chi connectivity index (χ1n) is 16.1. The summed E-state index contributed by atoms with van der Waals surface area (Å²) in [4.78, 5) is 12.6. The molecule has 4 nitrogen and oxygen atoms in total. The summed E-state index contributed by atoms with van der Waals surface area (Å²) in [6, 6.07) is 14.5. The molecule has 2 rings (SSSR count). The van der Waals surface area contributed by atoms with Gasteiger partial charge in [0.2, 0.25) is 0 Å². The highest BCUT2D eigenvalue weighted by Gasteiger charge is 2.16. The lowest BCUT2D eigenvalue weighted by Gasteiger charge is -2.24. The first-order chi connectivity index (χ1) is 19.4. The second-order valence-electron chi connectivity index (χ2n) is 12.0. The van der Waals surface area contributed by atoms with Gasteiger partial charge in [0, 0.05) is 0 Å². The number of hydrogen-bond acceptors (Lipinski definition) is 4. The normalized spacial score (nSPS) is 11.4. The molecule has 0 bridgehead atoms. The maximum absolute atomic E-state index is 12.6. The summed E-state index contributed by atoms with van der Waals surface area (Å²) >= 11 is 0. The van der Waals surface area contributed by atoms with E-state index in [9.17, 15) is 4.79 Å². The minimum absolute atomic E-state index is 0.374. The van der Waals surface area contributed by atoms with Crippen LogP contribution in [0.4, 0.5) is 0 Å². The Kier molecular flexibility index (Phi) is 17.2. The Morgan fingerprint density at radius 1 is 0.550 bits per heavy atom. The average Bonchev–Trinajstić information content (AvgIpc) is 2.96. The van der Waals surface area contributed by atoms with Crippen LogP contribution in [0.25, 0.3) is 0 Å². The van der Waals surface area contributed by atoms with Gasteiger partial charge in [-0.05, 0) is 79.6 Å². The Morgan fingerprint density at radius 2 is 0.975 bits per heavy atom. The zero-order chi connectivity index (χ0) is 28.9. The summed E-state index contributed by atoms with van der Waals surface area (Å²) in [5, 5.41) is 0. The molecular formula is C36H56O4. The van der Waals surface area contributed by atoms with Gasteiger partial charge in [0.25, 0.3) is 0 Å². The zero-order valence-electron chi connectivity index (χ0n) is 26.0. The van der Waals surface area contributed by atoms with Crippen molar-refractivity contribution in [1.82, 2.24) is 0 Å². The van der Waals surface area contributed by atoms with E-state index < -0.39 is 0 Å². The summed E-state index contributed by atoms with van der Waals surface area (Å²) in [6.45, 7) is 10.7. The van der Waals surface area contributed by atoms with Crippen molar-refractivity contribution in [3.63, 3.8) is 0 Å². The summed E-state index contributed by atoms with van der Waals surface area (Å²) in [6.07, 6.45) is 20.3. The third kappa shape index (κ3) is 15.3. The van der Waals surface area contributed by atoms with Crippen LogP contribution in [0.3, 0.4) is 0 Å². The molecule has 0 N–H and O–H groups in total. The first kappa shape index (κ1) is 33.7. The van der Waals surface area contributed by atoms with Gasteiger partial charge in [-0.25, -0.2) is 4.79 Å². The summed E-state index contributed by atoms with van der Waals surface area (Å²) < 4.78 is 17.3. The van der Waals surface area contributed by atoms with Gasteiger partial charge < -0.3 is 14.2 Å². The van der Waals surface area contributed by atoms with Crippen molar-refractivity contribution in [1.29, 1.82) is 0 Å². The molecule has 0 aromatic heterocycles. The SMILES string of the molecule is CCCCCCCCCCOc1ccc(C(=O)Oc2ccc(OCCCCCCC(C)(C)CCCC)cc2)cc1. The van der Waals surface area contributed by atoms with Crippen LogP contribution in [0.5, 0.6) is 17.2 Å². The largest absolute Gasteiger partial charge is 0.494 e. The molecule has 0 aliphatic carbocycles. The monoisotopic (exact) mass is 552 g/mol. The van der Waals surface area contributed by atoms with E-state index in [1.165, 1.54) is 89.9 Å². The lowest BCUT2D eigenvalue weighted by Crippen LogP contribution is -2.10. The van der Waals surface area contributed by atoms with Crippen LogP contribution in [-0.4, -0.2) is 19.2 Å². The molecule has 4 heteroatoms. The second-order valence-corrected chi connectivity index (χ2v) is 12.0. The van der Waals surface area contributed by atoms with E-state index in [-0.39, 0.29) is 5.97 Å². The van der Waals surface area contributed by atoms with Crippen LogP contribution in [0.15, 0.2) is 48.5 Å². The van der Waals surface area contributed by atoms with E-state index in [2.05, 4.69) is 27.7 Å². The number of ether oxygens (including phenoxy) is 3. The van der Waals surface area contributed by atoms with Crippen LogP contribution in [0.1, 0.15) is 141 Å². The van der Waals surface area contributed by atoms with Crippen molar-refractivity contribution < 1.29 is 19.0 Å². The van der Waals surface area contributed by atoms with Crippen LogP contribution in [-0.2, 0) is 0 Å². The number of unbranched alkanes of at least 4 members (excludes halogenated alkanes) is 11. The van der Waals surface area contributed by atoms with Crippen LogP contribution >= 0.6 is 0 Å². The van der Waals surface area contributed by atoms with Crippen molar-refractivity contribution >= 4 is 5.97 Å². The zero-order valence-corrected chi connectivity index (χ0v) is 26.0. The van der Waals surface area contributed by atoms with Gasteiger partial charge in [-0.3, -0.25) is 0 Å². The maximum Gasteiger partial charge on any atom is 0.343 e. The van der Waals surface area contributed by atoms with Gasteiger partial charge in [0.15, 0.2) is 0 Å². The van der Waals surface area contributed by atoms with Crippen LogP contribution in [0.2, 0.25) is 0 Å². The second kappa shape index (κ2) is 20.4. The fourth-order valence-electron chi connectivity index (χ4n) is 4.91. The van der Waals surface area contributed by atoms with Gasteiger partial charge in [-0.1, -0.05) is 105 Å². The number of rotatable bonds is 23. The van der Waals surface area contributed by atoms with E-state index >= 15 is 0 Å². The predicted octanol–water partition coefficient (Wildman–Crippen LogP) is 11.0. The molecule has 0 spiro atoms. The molecule has 2 aromatic carbocycles. The van der Waals surface area contributed by atoms with E-state index in [4.69, 9.17) is 14.2 Å². The lowest BCUT2D eigenvalue weighted by atomic mass is 9.82. The number of carbonyl (C=O) groups excluding carboxylic acids is 1. The number of esters is 1. The Morgan fingerprint density at radius 3 is 1.52 bits per heavy atom. The molecule has 0 amide bonds. The smallest absolute Gasteiger partial charge is 0.343 e. The third-order valence-electron chi connectivity index (χ3n) is 7.61. The first-order valence-corrected chi connectivity index (χ1v) is 16.1. The molecule has 0 unspecified atom stereocenters. The molecule has 2 aromatic rings. The Hall–Kier alpha value is -2.49. The van der Waals surface area contributed by atoms with Crippen molar-refractivity contribution in [3.05, 3.63) is 54.1 Å². The molecule has 224 valence electrons. The van der Waals surface area contributed by atoms with E-state index in [1.807, 2.05) is 24.3 Å². The lowest BCUT2D eigenvalue weighted by molar-refractivity contribution is 0.0734. The molecule has 40 heavy (non-hydrogen) atoms. The molecule has 0 heterocycles. The summed E-state index contributed by atoms with van der Waals surface area (Å²) in [5.41, 5.74) is 0.982. The Bertz CT molecular complexity index is 901. The summed E-state index contributed by atoms with van der Waals surface area (Å²) in [7, 11) is 0. The van der Waals surface area contributed by atoms with Gasteiger partial charge in [0.05, 0.1) is 18.8 Å². The number of hydrogen-bond donors (Lipinski definition) is 0. The highest BCUT2D eigenvalue weighted by molar-refractivity contribution is 5.91.